The van der Waals surface area contributed by atoms with Gasteiger partial charge in [0.2, 0.25) is 5.91 Å². The van der Waals surface area contributed by atoms with Crippen molar-refractivity contribution in [2.24, 2.45) is 7.05 Å². The fourth-order valence-corrected chi connectivity index (χ4v) is 2.69. The molecule has 1 aliphatic rings. The number of nitrogens with one attached hydrogen (secondary N) is 1. The van der Waals surface area contributed by atoms with Crippen LogP contribution in [-0.4, -0.2) is 32.9 Å². The van der Waals surface area contributed by atoms with Gasteiger partial charge in [0.1, 0.15) is 5.82 Å². The van der Waals surface area contributed by atoms with E-state index in [-0.39, 0.29) is 12.0 Å². The lowest BCUT2D eigenvalue weighted by atomic mass is 10.1. The maximum absolute atomic E-state index is 11.9. The second-order valence-electron chi connectivity index (χ2n) is 6.15. The number of hydrogen-bond acceptors (Lipinski definition) is 4. The van der Waals surface area contributed by atoms with Crippen molar-refractivity contribution in [1.29, 1.82) is 0 Å². The van der Waals surface area contributed by atoms with E-state index in [0.717, 1.165) is 30.9 Å². The van der Waals surface area contributed by atoms with Gasteiger partial charge in [-0.15, -0.1) is 10.2 Å². The van der Waals surface area contributed by atoms with Gasteiger partial charge in [-0.2, -0.15) is 0 Å². The molecule has 1 saturated heterocycles. The number of carbonyl (C=O) groups is 1. The zero-order chi connectivity index (χ0) is 15.4. The average molecular weight is 294 g/mol. The molecule has 1 amide bonds. The van der Waals surface area contributed by atoms with Crippen molar-refractivity contribution in [2.75, 3.05) is 0 Å². The van der Waals surface area contributed by atoms with Gasteiger partial charge in [0.25, 0.3) is 0 Å². The van der Waals surface area contributed by atoms with Crippen LogP contribution in [0.1, 0.15) is 64.0 Å². The van der Waals surface area contributed by atoms with Crippen molar-refractivity contribution in [2.45, 2.75) is 71.1 Å². The summed E-state index contributed by atoms with van der Waals surface area (Å²) in [5, 5.41) is 11.2. The van der Waals surface area contributed by atoms with Crippen LogP contribution in [0.3, 0.4) is 0 Å². The third kappa shape index (κ3) is 4.27. The van der Waals surface area contributed by atoms with Gasteiger partial charge in [-0.25, -0.2) is 0 Å². The largest absolute Gasteiger partial charge is 0.375 e. The van der Waals surface area contributed by atoms with Gasteiger partial charge in [0.15, 0.2) is 5.82 Å². The lowest BCUT2D eigenvalue weighted by molar-refractivity contribution is -0.122. The summed E-state index contributed by atoms with van der Waals surface area (Å²) in [4.78, 5) is 11.9. The molecule has 2 heterocycles. The molecule has 0 bridgehead atoms. The summed E-state index contributed by atoms with van der Waals surface area (Å²) >= 11 is 0. The fraction of sp³-hybridized carbons (Fsp3) is 0.800. The van der Waals surface area contributed by atoms with Crippen LogP contribution in [0.4, 0.5) is 0 Å². The average Bonchev–Trinajstić information content (AvgIpc) is 3.00. The monoisotopic (exact) mass is 294 g/mol. The van der Waals surface area contributed by atoms with Gasteiger partial charge in [0.05, 0.1) is 18.8 Å². The van der Waals surface area contributed by atoms with E-state index in [9.17, 15) is 4.79 Å². The highest BCUT2D eigenvalue weighted by molar-refractivity contribution is 5.75. The fourth-order valence-electron chi connectivity index (χ4n) is 2.69. The quantitative estimate of drug-likeness (QED) is 0.870. The molecule has 6 heteroatoms. The Morgan fingerprint density at radius 2 is 2.19 bits per heavy atom. The summed E-state index contributed by atoms with van der Waals surface area (Å²) in [6.07, 6.45) is 4.05. The number of hydrogen-bond donors (Lipinski definition) is 1. The minimum Gasteiger partial charge on any atom is -0.375 e. The summed E-state index contributed by atoms with van der Waals surface area (Å²) in [6, 6.07) is 0. The molecule has 0 radical (unpaired) electrons. The second kappa shape index (κ2) is 7.02. The number of aromatic nitrogens is 3. The molecular weight excluding hydrogens is 268 g/mol. The number of nitrogens with zero attached hydrogens (tertiary/aromatic N) is 3. The first-order valence-corrected chi connectivity index (χ1v) is 7.77. The summed E-state index contributed by atoms with van der Waals surface area (Å²) < 4.78 is 7.67. The first-order chi connectivity index (χ1) is 9.97. The number of amides is 1. The van der Waals surface area contributed by atoms with E-state index in [1.165, 1.54) is 0 Å². The van der Waals surface area contributed by atoms with E-state index >= 15 is 0 Å². The molecule has 1 aromatic rings. The minimum atomic E-state index is 0.0484. The molecule has 0 aliphatic carbocycles. The zero-order valence-electron chi connectivity index (χ0n) is 13.4. The number of carbonyl (C=O) groups excluding carboxylic acids is 1. The molecule has 2 rings (SSSR count). The Morgan fingerprint density at radius 3 is 2.76 bits per heavy atom. The van der Waals surface area contributed by atoms with Gasteiger partial charge in [-0.05, 0) is 26.2 Å². The molecule has 0 unspecified atom stereocenters. The Morgan fingerprint density at radius 1 is 1.43 bits per heavy atom. The minimum absolute atomic E-state index is 0.0484. The maximum atomic E-state index is 11.9. The summed E-state index contributed by atoms with van der Waals surface area (Å²) in [6.45, 7) is 6.67. The molecule has 1 fully saturated rings. The number of ether oxygens (including phenoxy) is 1. The van der Waals surface area contributed by atoms with Crippen LogP contribution >= 0.6 is 0 Å². The third-order valence-electron chi connectivity index (χ3n) is 3.97. The predicted molar refractivity (Wildman–Crippen MR) is 79.7 cm³/mol. The summed E-state index contributed by atoms with van der Waals surface area (Å²) in [7, 11) is 1.94. The van der Waals surface area contributed by atoms with Gasteiger partial charge < -0.3 is 14.6 Å². The molecule has 0 aromatic carbocycles. The van der Waals surface area contributed by atoms with Gasteiger partial charge in [0, 0.05) is 19.4 Å². The normalized spacial score (nSPS) is 22.0. The molecule has 6 nitrogen and oxygen atoms in total. The highest BCUT2D eigenvalue weighted by atomic mass is 16.5. The topological polar surface area (TPSA) is 69.0 Å². The molecule has 2 atom stereocenters. The highest BCUT2D eigenvalue weighted by Crippen LogP contribution is 2.22. The first-order valence-electron chi connectivity index (χ1n) is 7.77. The van der Waals surface area contributed by atoms with Crippen LogP contribution in [-0.2, 0) is 23.1 Å². The lowest BCUT2D eigenvalue weighted by Gasteiger charge is -2.11. The molecule has 0 saturated carbocycles. The Bertz CT molecular complexity index is 484. The smallest absolute Gasteiger partial charge is 0.220 e. The van der Waals surface area contributed by atoms with Crippen molar-refractivity contribution in [3.63, 3.8) is 0 Å². The van der Waals surface area contributed by atoms with Crippen LogP contribution in [0, 0.1) is 0 Å². The Kier molecular flexibility index (Phi) is 5.33. The van der Waals surface area contributed by atoms with Crippen LogP contribution in [0.15, 0.2) is 0 Å². The molecule has 1 aliphatic heterocycles. The van der Waals surface area contributed by atoms with Gasteiger partial charge in [-0.1, -0.05) is 13.8 Å². The maximum Gasteiger partial charge on any atom is 0.220 e. The lowest BCUT2D eigenvalue weighted by Crippen LogP contribution is -2.25. The van der Waals surface area contributed by atoms with Gasteiger partial charge >= 0.3 is 0 Å². The second-order valence-corrected chi connectivity index (χ2v) is 6.15. The van der Waals surface area contributed by atoms with E-state index in [1.54, 1.807) is 0 Å². The highest BCUT2D eigenvalue weighted by Gasteiger charge is 2.22. The summed E-state index contributed by atoms with van der Waals surface area (Å²) in [5.41, 5.74) is 0. The predicted octanol–water partition coefficient (Wildman–Crippen LogP) is 1.90. The van der Waals surface area contributed by atoms with Crippen molar-refractivity contribution in [3.05, 3.63) is 11.6 Å². The number of rotatable bonds is 6. The van der Waals surface area contributed by atoms with E-state index in [0.29, 0.717) is 25.0 Å². The first kappa shape index (κ1) is 15.9. The van der Waals surface area contributed by atoms with E-state index < -0.39 is 0 Å². The SMILES string of the molecule is CC(C)c1nnc(CNC(=O)CC[C@H]2CC[C@H](C)O2)n1C. The zero-order valence-corrected chi connectivity index (χ0v) is 13.4. The molecule has 118 valence electrons. The Labute approximate surface area is 126 Å². The summed E-state index contributed by atoms with van der Waals surface area (Å²) in [5.74, 6) is 2.10. The van der Waals surface area contributed by atoms with Crippen LogP contribution in [0.5, 0.6) is 0 Å². The Hall–Kier alpha value is -1.43. The van der Waals surface area contributed by atoms with E-state index in [2.05, 4.69) is 36.3 Å². The Balaban J connectivity index is 1.74. The van der Waals surface area contributed by atoms with Crippen LogP contribution < -0.4 is 5.32 Å². The van der Waals surface area contributed by atoms with Crippen molar-refractivity contribution in [1.82, 2.24) is 20.1 Å². The van der Waals surface area contributed by atoms with Crippen LogP contribution in [0.25, 0.3) is 0 Å². The molecule has 0 spiro atoms. The van der Waals surface area contributed by atoms with E-state index in [4.69, 9.17) is 4.74 Å². The van der Waals surface area contributed by atoms with E-state index in [1.807, 2.05) is 11.6 Å². The molecule has 1 N–H and O–H groups in total. The third-order valence-corrected chi connectivity index (χ3v) is 3.97. The van der Waals surface area contributed by atoms with Crippen molar-refractivity contribution < 1.29 is 9.53 Å². The van der Waals surface area contributed by atoms with Crippen LogP contribution in [0.2, 0.25) is 0 Å². The van der Waals surface area contributed by atoms with Crippen molar-refractivity contribution in [3.8, 4) is 0 Å². The molecule has 21 heavy (non-hydrogen) atoms. The van der Waals surface area contributed by atoms with Gasteiger partial charge in [-0.3, -0.25) is 4.79 Å². The molecule has 1 aromatic heterocycles. The standard InChI is InChI=1S/C15H26N4O2/c1-10(2)15-18-17-13(19(15)4)9-16-14(20)8-7-12-6-5-11(3)21-12/h10-12H,5-9H2,1-4H3,(H,16,20)/t11-,12+/m0/s1. The van der Waals surface area contributed by atoms with Crippen molar-refractivity contribution >= 4 is 5.91 Å². The molecular formula is C15H26N4O2.